The number of aliphatic hydroxyl groups is 2. The van der Waals surface area contributed by atoms with Gasteiger partial charge in [0.1, 0.15) is 30.5 Å². The molecule has 1 saturated heterocycles. The van der Waals surface area contributed by atoms with Gasteiger partial charge >= 0.3 is 12.3 Å². The van der Waals surface area contributed by atoms with Crippen LogP contribution in [0.1, 0.15) is 26.5 Å². The summed E-state index contributed by atoms with van der Waals surface area (Å²) in [6, 6.07) is -0.337. The van der Waals surface area contributed by atoms with E-state index in [1.807, 2.05) is 0 Å². The molecular formula is C23H37F3N4O9. The molecule has 4 N–H and O–H groups in total. The third kappa shape index (κ3) is 12.0. The fraction of sp³-hybridized carbons (Fsp3) is 0.783. The molecule has 1 aliphatic rings. The van der Waals surface area contributed by atoms with Crippen molar-refractivity contribution in [3.8, 4) is 5.88 Å². The molecule has 39 heavy (non-hydrogen) atoms. The van der Waals surface area contributed by atoms with E-state index in [9.17, 15) is 28.2 Å². The Morgan fingerprint density at radius 3 is 2.38 bits per heavy atom. The fourth-order valence-electron chi connectivity index (χ4n) is 3.26. The van der Waals surface area contributed by atoms with Gasteiger partial charge in [0.15, 0.2) is 5.69 Å². The number of aromatic nitrogens is 2. The van der Waals surface area contributed by atoms with E-state index in [2.05, 4.69) is 20.6 Å². The molecule has 1 fully saturated rings. The molecule has 13 nitrogen and oxygen atoms in total. The summed E-state index contributed by atoms with van der Waals surface area (Å²) < 4.78 is 71.4. The Morgan fingerprint density at radius 2 is 1.74 bits per heavy atom. The monoisotopic (exact) mass is 570 g/mol. The molecule has 0 bridgehead atoms. The van der Waals surface area contributed by atoms with E-state index in [1.54, 1.807) is 20.8 Å². The lowest BCUT2D eigenvalue weighted by molar-refractivity contribution is -0.156. The number of hydrogen-bond donors (Lipinski definition) is 4. The highest BCUT2D eigenvalue weighted by molar-refractivity contribution is 5.67. The van der Waals surface area contributed by atoms with Gasteiger partial charge in [-0.25, -0.2) is 9.78 Å². The number of methoxy groups -OCH3 is 1. The Morgan fingerprint density at radius 1 is 1.08 bits per heavy atom. The van der Waals surface area contributed by atoms with Gasteiger partial charge in [-0.1, -0.05) is 0 Å². The van der Waals surface area contributed by atoms with E-state index in [0.717, 1.165) is 0 Å². The molecule has 16 heteroatoms. The number of carbonyl (C=O) groups excluding carboxylic acids is 1. The predicted octanol–water partition coefficient (Wildman–Crippen LogP) is 0.980. The van der Waals surface area contributed by atoms with Crippen LogP contribution in [-0.2, 0) is 29.9 Å². The highest BCUT2D eigenvalue weighted by Crippen LogP contribution is 2.30. The molecule has 1 aromatic heterocycles. The average molecular weight is 571 g/mol. The second-order valence-electron chi connectivity index (χ2n) is 9.47. The molecule has 1 amide bonds. The van der Waals surface area contributed by atoms with E-state index >= 15 is 0 Å². The summed E-state index contributed by atoms with van der Waals surface area (Å²) in [4.78, 5) is 18.9. The minimum atomic E-state index is -4.78. The predicted molar refractivity (Wildman–Crippen MR) is 129 cm³/mol. The Labute approximate surface area is 224 Å². The zero-order valence-corrected chi connectivity index (χ0v) is 22.3. The van der Waals surface area contributed by atoms with Crippen molar-refractivity contribution < 1.29 is 56.6 Å². The second kappa shape index (κ2) is 15.3. The quantitative estimate of drug-likeness (QED) is 0.235. The van der Waals surface area contributed by atoms with Gasteiger partial charge in [0.05, 0.1) is 45.7 Å². The minimum absolute atomic E-state index is 0.0303. The number of rotatable bonds is 14. The van der Waals surface area contributed by atoms with Crippen molar-refractivity contribution in [2.75, 3.05) is 65.2 Å². The lowest BCUT2D eigenvalue weighted by Gasteiger charge is -2.37. The zero-order valence-electron chi connectivity index (χ0n) is 22.3. The summed E-state index contributed by atoms with van der Waals surface area (Å²) in [5, 5.41) is 25.6. The molecule has 2 rings (SSSR count). The number of hydrogen-bond acceptors (Lipinski definition) is 12. The number of nitrogens with zero attached hydrogens (tertiary/aromatic N) is 2. The maximum atomic E-state index is 13.4. The summed E-state index contributed by atoms with van der Waals surface area (Å²) in [5.74, 6) is -0.823. The first-order chi connectivity index (χ1) is 18.3. The lowest BCUT2D eigenvalue weighted by atomic mass is 9.98. The first kappa shape index (κ1) is 32.7. The van der Waals surface area contributed by atoms with Crippen molar-refractivity contribution >= 4 is 12.0 Å². The molecule has 1 aromatic rings. The van der Waals surface area contributed by atoms with Gasteiger partial charge < -0.3 is 49.3 Å². The van der Waals surface area contributed by atoms with Gasteiger partial charge in [-0.05, 0) is 20.8 Å². The van der Waals surface area contributed by atoms with Crippen molar-refractivity contribution in [3.63, 3.8) is 0 Å². The molecule has 0 aliphatic carbocycles. The summed E-state index contributed by atoms with van der Waals surface area (Å²) in [5.41, 5.74) is -1.85. The number of halogens is 3. The Balaban J connectivity index is 1.76. The molecule has 0 unspecified atom stereocenters. The maximum Gasteiger partial charge on any atom is 0.433 e. The topological polar surface area (TPSA) is 163 Å². The molecule has 2 heterocycles. The van der Waals surface area contributed by atoms with Crippen LogP contribution < -0.4 is 15.4 Å². The number of alkyl halides is 3. The maximum absolute atomic E-state index is 13.4. The Hall–Kier alpha value is -2.50. The number of nitrogens with one attached hydrogen (secondary N) is 2. The molecule has 1 aliphatic heterocycles. The summed E-state index contributed by atoms with van der Waals surface area (Å²) in [6.45, 7) is 5.98. The Bertz CT molecular complexity index is 889. The third-order valence-corrected chi connectivity index (χ3v) is 5.04. The number of alkyl carbamates (subject to hydrolysis) is 1. The largest absolute Gasteiger partial charge is 0.475 e. The van der Waals surface area contributed by atoms with Crippen LogP contribution in [0.2, 0.25) is 0 Å². The first-order valence-corrected chi connectivity index (χ1v) is 12.2. The number of ether oxygens (including phenoxy) is 6. The molecule has 0 saturated carbocycles. The van der Waals surface area contributed by atoms with Crippen LogP contribution in [0.15, 0.2) is 6.07 Å². The van der Waals surface area contributed by atoms with Gasteiger partial charge in [0.25, 0.3) is 0 Å². The van der Waals surface area contributed by atoms with Crippen LogP contribution in [-0.4, -0.2) is 116 Å². The van der Waals surface area contributed by atoms with Crippen molar-refractivity contribution in [2.24, 2.45) is 0 Å². The SMILES string of the molecule is COC[C@H]1OC[C@H](Nc2nc(OCCOCCOCCNC(=O)OC(C)(C)C)cc(C(F)(F)F)n2)[C@@H](O)[C@H]1O. The van der Waals surface area contributed by atoms with Gasteiger partial charge in [0, 0.05) is 19.7 Å². The van der Waals surface area contributed by atoms with E-state index < -0.39 is 53.9 Å². The molecule has 0 aromatic carbocycles. The smallest absolute Gasteiger partial charge is 0.433 e. The third-order valence-electron chi connectivity index (χ3n) is 5.04. The van der Waals surface area contributed by atoms with Crippen LogP contribution in [0.3, 0.4) is 0 Å². The van der Waals surface area contributed by atoms with E-state index in [1.165, 1.54) is 7.11 Å². The highest BCUT2D eigenvalue weighted by Gasteiger charge is 2.39. The van der Waals surface area contributed by atoms with Gasteiger partial charge in [-0.2, -0.15) is 18.2 Å². The second-order valence-corrected chi connectivity index (χ2v) is 9.47. The lowest BCUT2D eigenvalue weighted by Crippen LogP contribution is -2.57. The van der Waals surface area contributed by atoms with Crippen molar-refractivity contribution in [2.45, 2.75) is 56.9 Å². The van der Waals surface area contributed by atoms with Crippen LogP contribution in [0, 0.1) is 0 Å². The van der Waals surface area contributed by atoms with Gasteiger partial charge in [0.2, 0.25) is 11.8 Å². The fourth-order valence-corrected chi connectivity index (χ4v) is 3.26. The molecule has 0 spiro atoms. The van der Waals surface area contributed by atoms with Crippen molar-refractivity contribution in [3.05, 3.63) is 11.8 Å². The summed E-state index contributed by atoms with van der Waals surface area (Å²) >= 11 is 0. The van der Waals surface area contributed by atoms with E-state index in [4.69, 9.17) is 28.4 Å². The van der Waals surface area contributed by atoms with E-state index in [0.29, 0.717) is 6.07 Å². The van der Waals surface area contributed by atoms with Crippen molar-refractivity contribution in [1.82, 2.24) is 15.3 Å². The normalized spacial score (nSPS) is 21.9. The highest BCUT2D eigenvalue weighted by atomic mass is 19.4. The summed E-state index contributed by atoms with van der Waals surface area (Å²) in [6.07, 6.45) is -8.82. The molecule has 4 atom stereocenters. The molecule has 224 valence electrons. The minimum Gasteiger partial charge on any atom is -0.475 e. The standard InChI is InChI=1S/C23H37F3N4O9/c1-22(2,3)39-21(33)27-5-6-35-7-8-36-9-10-37-17-11-16(23(24,25)26)29-20(30-17)28-14-12-38-15(13-34-4)19(32)18(14)31/h11,14-15,18-19,31-32H,5-10,12-13H2,1-4H3,(H,27,33)(H,28,29,30)/t14-,15+,18+,19-/m0/s1. The number of anilines is 1. The average Bonchev–Trinajstić information content (AvgIpc) is 2.83. The number of amides is 1. The number of aliphatic hydroxyl groups excluding tert-OH is 2. The van der Waals surface area contributed by atoms with Crippen LogP contribution >= 0.6 is 0 Å². The summed E-state index contributed by atoms with van der Waals surface area (Å²) in [7, 11) is 1.40. The van der Waals surface area contributed by atoms with Crippen LogP contribution in [0.4, 0.5) is 23.9 Å². The van der Waals surface area contributed by atoms with Crippen LogP contribution in [0.5, 0.6) is 5.88 Å². The van der Waals surface area contributed by atoms with Gasteiger partial charge in [-0.3, -0.25) is 0 Å². The first-order valence-electron chi connectivity index (χ1n) is 12.2. The van der Waals surface area contributed by atoms with Crippen molar-refractivity contribution in [1.29, 1.82) is 0 Å². The zero-order chi connectivity index (χ0) is 29.1. The van der Waals surface area contributed by atoms with E-state index in [-0.39, 0.29) is 58.7 Å². The van der Waals surface area contributed by atoms with Crippen LogP contribution in [0.25, 0.3) is 0 Å². The molecular weight excluding hydrogens is 533 g/mol. The number of carbonyl (C=O) groups is 1. The molecule has 0 radical (unpaired) electrons. The Kier molecular flexibility index (Phi) is 12.9. The van der Waals surface area contributed by atoms with Gasteiger partial charge in [-0.15, -0.1) is 0 Å².